The topological polar surface area (TPSA) is 88.9 Å². The van der Waals surface area contributed by atoms with Crippen LogP contribution in [0.2, 0.25) is 0 Å². The number of nitriles is 1. The molecule has 0 unspecified atom stereocenters. The van der Waals surface area contributed by atoms with Gasteiger partial charge in [0.1, 0.15) is 17.0 Å². The zero-order valence-electron chi connectivity index (χ0n) is 17.4. The molecule has 0 spiro atoms. The first-order valence-electron chi connectivity index (χ1n) is 9.66. The number of esters is 1. The summed E-state index contributed by atoms with van der Waals surface area (Å²) < 4.78 is 15.7. The summed E-state index contributed by atoms with van der Waals surface area (Å²) in [6, 6.07) is 7.52. The molecule has 0 aliphatic heterocycles. The summed E-state index contributed by atoms with van der Waals surface area (Å²) in [5.74, 6) is 0.169. The van der Waals surface area contributed by atoms with Crippen molar-refractivity contribution in [2.75, 3.05) is 21.3 Å². The Morgan fingerprint density at radius 3 is 2.24 bits per heavy atom. The molecule has 0 heterocycles. The van der Waals surface area contributed by atoms with Crippen LogP contribution in [-0.4, -0.2) is 49.7 Å². The van der Waals surface area contributed by atoms with Crippen molar-refractivity contribution < 1.29 is 23.8 Å². The van der Waals surface area contributed by atoms with Gasteiger partial charge in [-0.05, 0) is 43.5 Å². The summed E-state index contributed by atoms with van der Waals surface area (Å²) in [5.41, 5.74) is -0.122. The van der Waals surface area contributed by atoms with E-state index in [0.717, 1.165) is 19.3 Å². The van der Waals surface area contributed by atoms with Crippen molar-refractivity contribution in [3.05, 3.63) is 29.8 Å². The third kappa shape index (κ3) is 5.50. The first-order valence-corrected chi connectivity index (χ1v) is 9.66. The third-order valence-electron chi connectivity index (χ3n) is 5.29. The Balaban J connectivity index is 2.02. The van der Waals surface area contributed by atoms with E-state index in [1.807, 2.05) is 0 Å². The Hall–Kier alpha value is -3.01. The molecular weight excluding hydrogens is 372 g/mol. The van der Waals surface area contributed by atoms with Crippen molar-refractivity contribution >= 4 is 18.0 Å². The van der Waals surface area contributed by atoms with Crippen LogP contribution in [0.3, 0.4) is 0 Å². The predicted octanol–water partition coefficient (Wildman–Crippen LogP) is 3.33. The number of likely N-dealkylation sites (N-methyl/N-ethyl adjacent to an activating group) is 1. The summed E-state index contributed by atoms with van der Waals surface area (Å²) in [5, 5.41) is 9.64. The molecule has 1 amide bonds. The number of hydrogen-bond acceptors (Lipinski definition) is 6. The summed E-state index contributed by atoms with van der Waals surface area (Å²) in [4.78, 5) is 26.3. The molecule has 0 aromatic heterocycles. The highest BCUT2D eigenvalue weighted by atomic mass is 16.5. The average Bonchev–Trinajstić information content (AvgIpc) is 2.76. The second-order valence-corrected chi connectivity index (χ2v) is 7.16. The summed E-state index contributed by atoms with van der Waals surface area (Å²) in [6.45, 7) is 1.52. The van der Waals surface area contributed by atoms with Crippen molar-refractivity contribution in [2.45, 2.75) is 50.7 Å². The van der Waals surface area contributed by atoms with E-state index in [9.17, 15) is 14.9 Å². The molecule has 1 fully saturated rings. The number of benzene rings is 1. The largest absolute Gasteiger partial charge is 0.497 e. The average molecular weight is 400 g/mol. The van der Waals surface area contributed by atoms with Gasteiger partial charge in [0.2, 0.25) is 0 Å². The Bertz CT molecular complexity index is 784. The van der Waals surface area contributed by atoms with Crippen molar-refractivity contribution in [3.8, 4) is 17.6 Å². The SMILES string of the molecule is COc1cc(/C=C/C(=O)O[C@@H](C)C(=O)N(C)C2(C#N)CCCCC2)cc(OC)c1. The second-order valence-electron chi connectivity index (χ2n) is 7.16. The number of hydrogen-bond donors (Lipinski definition) is 0. The lowest BCUT2D eigenvalue weighted by molar-refractivity contribution is -0.157. The molecule has 1 atom stereocenters. The predicted molar refractivity (Wildman–Crippen MR) is 108 cm³/mol. The van der Waals surface area contributed by atoms with Gasteiger partial charge in [0.05, 0.1) is 20.3 Å². The Kier molecular flexibility index (Phi) is 7.66. The van der Waals surface area contributed by atoms with Crippen LogP contribution in [-0.2, 0) is 14.3 Å². The van der Waals surface area contributed by atoms with Gasteiger partial charge in [-0.25, -0.2) is 4.79 Å². The summed E-state index contributed by atoms with van der Waals surface area (Å²) in [6.07, 6.45) is 6.00. The maximum atomic E-state index is 12.7. The zero-order valence-corrected chi connectivity index (χ0v) is 17.4. The van der Waals surface area contributed by atoms with Gasteiger partial charge in [-0.3, -0.25) is 4.79 Å². The fourth-order valence-corrected chi connectivity index (χ4v) is 3.50. The van der Waals surface area contributed by atoms with Crippen LogP contribution in [0.15, 0.2) is 24.3 Å². The van der Waals surface area contributed by atoms with Gasteiger partial charge in [-0.1, -0.05) is 19.3 Å². The van der Waals surface area contributed by atoms with Gasteiger partial charge in [-0.2, -0.15) is 5.26 Å². The Morgan fingerprint density at radius 2 is 1.72 bits per heavy atom. The van der Waals surface area contributed by atoms with Crippen LogP contribution in [0, 0.1) is 11.3 Å². The normalized spacial score (nSPS) is 16.5. The number of nitrogens with zero attached hydrogens (tertiary/aromatic N) is 2. The quantitative estimate of drug-likeness (QED) is 0.515. The standard InChI is InChI=1S/C22H28N2O5/c1-16(21(26)24(2)22(15-23)10-6-5-7-11-22)29-20(25)9-8-17-12-18(27-3)14-19(13-17)28-4/h8-9,12-14,16H,5-7,10-11H2,1-4H3/b9-8+/t16-/m0/s1. The molecule has 0 radical (unpaired) electrons. The molecule has 29 heavy (non-hydrogen) atoms. The lowest BCUT2D eigenvalue weighted by Crippen LogP contribution is -2.53. The fourth-order valence-electron chi connectivity index (χ4n) is 3.50. The van der Waals surface area contributed by atoms with E-state index >= 15 is 0 Å². The van der Waals surface area contributed by atoms with Gasteiger partial charge in [0, 0.05) is 19.2 Å². The van der Waals surface area contributed by atoms with E-state index < -0.39 is 17.6 Å². The number of rotatable bonds is 7. The molecular formula is C22H28N2O5. The first-order chi connectivity index (χ1) is 13.8. The molecule has 1 aromatic rings. The highest BCUT2D eigenvalue weighted by Gasteiger charge is 2.40. The minimum Gasteiger partial charge on any atom is -0.497 e. The maximum Gasteiger partial charge on any atom is 0.331 e. The molecule has 7 heteroatoms. The van der Waals surface area contributed by atoms with Crippen LogP contribution in [0.1, 0.15) is 44.6 Å². The highest BCUT2D eigenvalue weighted by molar-refractivity contribution is 5.90. The van der Waals surface area contributed by atoms with Crippen LogP contribution < -0.4 is 9.47 Å². The maximum absolute atomic E-state index is 12.7. The van der Waals surface area contributed by atoms with Crippen molar-refractivity contribution in [2.24, 2.45) is 0 Å². The summed E-state index contributed by atoms with van der Waals surface area (Å²) >= 11 is 0. The van der Waals surface area contributed by atoms with E-state index in [2.05, 4.69) is 6.07 Å². The molecule has 1 aliphatic carbocycles. The zero-order chi connectivity index (χ0) is 21.4. The lowest BCUT2D eigenvalue weighted by atomic mass is 9.81. The highest BCUT2D eigenvalue weighted by Crippen LogP contribution is 2.33. The van der Waals surface area contributed by atoms with E-state index in [0.29, 0.717) is 29.9 Å². The number of methoxy groups -OCH3 is 2. The van der Waals surface area contributed by atoms with E-state index in [1.54, 1.807) is 45.5 Å². The molecule has 1 aromatic carbocycles. The molecule has 7 nitrogen and oxygen atoms in total. The van der Waals surface area contributed by atoms with Crippen molar-refractivity contribution in [1.29, 1.82) is 5.26 Å². The van der Waals surface area contributed by atoms with Gasteiger partial charge in [-0.15, -0.1) is 0 Å². The van der Waals surface area contributed by atoms with Gasteiger partial charge in [0.15, 0.2) is 6.10 Å². The van der Waals surface area contributed by atoms with Crippen LogP contribution in [0.5, 0.6) is 11.5 Å². The van der Waals surface area contributed by atoms with Crippen LogP contribution >= 0.6 is 0 Å². The smallest absolute Gasteiger partial charge is 0.331 e. The minimum atomic E-state index is -0.982. The third-order valence-corrected chi connectivity index (χ3v) is 5.29. The van der Waals surface area contributed by atoms with E-state index in [4.69, 9.17) is 14.2 Å². The van der Waals surface area contributed by atoms with Crippen molar-refractivity contribution in [3.63, 3.8) is 0 Å². The molecule has 0 bridgehead atoms. The van der Waals surface area contributed by atoms with Gasteiger partial charge in [0.25, 0.3) is 5.91 Å². The van der Waals surface area contributed by atoms with E-state index in [1.165, 1.54) is 17.9 Å². The number of amides is 1. The van der Waals surface area contributed by atoms with Gasteiger partial charge < -0.3 is 19.1 Å². The molecule has 1 aliphatic rings. The molecule has 2 rings (SSSR count). The second kappa shape index (κ2) is 9.97. The monoisotopic (exact) mass is 400 g/mol. The first kappa shape index (κ1) is 22.3. The van der Waals surface area contributed by atoms with Crippen molar-refractivity contribution in [1.82, 2.24) is 4.90 Å². The lowest BCUT2D eigenvalue weighted by Gasteiger charge is -2.39. The Morgan fingerprint density at radius 1 is 1.14 bits per heavy atom. The van der Waals surface area contributed by atoms with Gasteiger partial charge >= 0.3 is 5.97 Å². The molecule has 0 saturated heterocycles. The summed E-state index contributed by atoms with van der Waals surface area (Å²) in [7, 11) is 4.70. The number of carbonyl (C=O) groups is 2. The number of carbonyl (C=O) groups excluding carboxylic acids is 2. The molecule has 1 saturated carbocycles. The van der Waals surface area contributed by atoms with Crippen LogP contribution in [0.25, 0.3) is 6.08 Å². The molecule has 156 valence electrons. The molecule has 0 N–H and O–H groups in total. The minimum absolute atomic E-state index is 0.377. The Labute approximate surface area is 171 Å². The van der Waals surface area contributed by atoms with E-state index in [-0.39, 0.29) is 5.91 Å². The van der Waals surface area contributed by atoms with Crippen LogP contribution in [0.4, 0.5) is 0 Å². The fraction of sp³-hybridized carbons (Fsp3) is 0.500. The number of ether oxygens (including phenoxy) is 3.